The molecule has 2 aromatic rings. The molecule has 1 unspecified atom stereocenters. The van der Waals surface area contributed by atoms with Gasteiger partial charge in [-0.3, -0.25) is 53.6 Å². The van der Waals surface area contributed by atoms with E-state index in [1.165, 1.54) is 0 Å². The average molecular weight is 822 g/mol. The molecular formula is C37H56N7O12P. The summed E-state index contributed by atoms with van der Waals surface area (Å²) in [5.74, 6) is -3.84. The fraction of sp³-hybridized carbons (Fsp3) is 0.541. The van der Waals surface area contributed by atoms with E-state index in [9.17, 15) is 48.8 Å². The van der Waals surface area contributed by atoms with Crippen molar-refractivity contribution in [2.75, 3.05) is 78.6 Å². The number of amides is 3. The molecule has 19 nitrogen and oxygen atoms in total. The van der Waals surface area contributed by atoms with E-state index in [1.54, 1.807) is 32.6 Å². The lowest BCUT2D eigenvalue weighted by Crippen LogP contribution is -2.53. The summed E-state index contributed by atoms with van der Waals surface area (Å²) in [6, 6.07) is 5.69. The fourth-order valence-electron chi connectivity index (χ4n) is 6.93. The molecule has 2 atom stereocenters. The summed E-state index contributed by atoms with van der Waals surface area (Å²) in [7, 11) is -4.63. The third kappa shape index (κ3) is 15.7. The van der Waals surface area contributed by atoms with Crippen molar-refractivity contribution in [3.63, 3.8) is 0 Å². The number of nitrogens with one attached hydrogen (secondary N) is 2. The van der Waals surface area contributed by atoms with Gasteiger partial charge in [0, 0.05) is 52.4 Å². The van der Waals surface area contributed by atoms with Crippen LogP contribution in [-0.4, -0.2) is 154 Å². The lowest BCUT2D eigenvalue weighted by Gasteiger charge is -2.35. The summed E-state index contributed by atoms with van der Waals surface area (Å²) in [4.78, 5) is 76.6. The molecule has 3 rings (SSSR count). The summed E-state index contributed by atoms with van der Waals surface area (Å²) in [6.07, 6.45) is 0.0289. The molecule has 316 valence electrons. The van der Waals surface area contributed by atoms with Crippen LogP contribution in [0.15, 0.2) is 24.3 Å². The Balaban J connectivity index is 1.70. The summed E-state index contributed by atoms with van der Waals surface area (Å²) in [5.41, 5.74) is 16.0. The molecule has 1 aliphatic heterocycles. The van der Waals surface area contributed by atoms with E-state index in [2.05, 4.69) is 17.6 Å². The molecule has 20 heteroatoms. The molecule has 0 radical (unpaired) electrons. The molecule has 1 saturated heterocycles. The third-order valence-electron chi connectivity index (χ3n) is 9.57. The molecule has 2 aromatic carbocycles. The van der Waals surface area contributed by atoms with Crippen LogP contribution < -0.4 is 21.1 Å². The second kappa shape index (κ2) is 21.8. The maximum Gasteiger partial charge on any atom is 0.527 e. The van der Waals surface area contributed by atoms with E-state index in [1.807, 2.05) is 39.2 Å². The van der Waals surface area contributed by atoms with Gasteiger partial charge in [-0.15, -0.1) is 0 Å². The summed E-state index contributed by atoms with van der Waals surface area (Å²) >= 11 is 0. The first-order valence-corrected chi connectivity index (χ1v) is 20.0. The van der Waals surface area contributed by atoms with Gasteiger partial charge in [-0.2, -0.15) is 0 Å². The minimum atomic E-state index is -4.63. The number of carbonyl (C=O) groups excluding carboxylic acids is 2. The van der Waals surface area contributed by atoms with Gasteiger partial charge in [-0.1, -0.05) is 17.7 Å². The lowest BCUT2D eigenvalue weighted by molar-refractivity contribution is -0.145. The van der Waals surface area contributed by atoms with Crippen LogP contribution in [0.4, 0.5) is 4.79 Å². The zero-order valence-electron chi connectivity index (χ0n) is 33.2. The van der Waals surface area contributed by atoms with Crippen molar-refractivity contribution in [2.45, 2.75) is 53.5 Å². The topological polar surface area (TPSA) is 265 Å². The van der Waals surface area contributed by atoms with Crippen LogP contribution in [0.1, 0.15) is 40.7 Å². The van der Waals surface area contributed by atoms with E-state index < -0.39 is 43.7 Å². The van der Waals surface area contributed by atoms with Crippen LogP contribution in [0.5, 0.6) is 5.75 Å². The molecule has 0 aromatic heterocycles. The number of carboxylic acids is 3. The molecule has 8 N–H and O–H groups in total. The monoisotopic (exact) mass is 821 g/mol. The lowest BCUT2D eigenvalue weighted by atomic mass is 9.90. The zero-order valence-corrected chi connectivity index (χ0v) is 34.0. The van der Waals surface area contributed by atoms with E-state index in [0.29, 0.717) is 5.56 Å². The average Bonchev–Trinajstić information content (AvgIpc) is 3.08. The molecule has 0 saturated carbocycles. The molecule has 0 aliphatic carbocycles. The number of carboxylic acid groups (broad SMARTS) is 3. The maximum absolute atomic E-state index is 13.1. The number of phosphoric ester groups is 1. The number of nitrogens with zero attached hydrogens (tertiary/aromatic N) is 4. The van der Waals surface area contributed by atoms with Crippen molar-refractivity contribution < 1.29 is 57.8 Å². The predicted octanol–water partition coefficient (Wildman–Crippen LogP) is 1.72. The van der Waals surface area contributed by atoms with Gasteiger partial charge in [0.05, 0.1) is 26.2 Å². The van der Waals surface area contributed by atoms with Crippen molar-refractivity contribution in [3.8, 4) is 16.9 Å². The highest BCUT2D eigenvalue weighted by molar-refractivity contribution is 7.47. The number of rotatable bonds is 16. The van der Waals surface area contributed by atoms with Gasteiger partial charge in [0.25, 0.3) is 5.91 Å². The first kappa shape index (κ1) is 46.8. The Kier molecular flexibility index (Phi) is 17.9. The minimum absolute atomic E-state index is 0.0164. The number of urea groups is 1. The van der Waals surface area contributed by atoms with E-state index in [0.717, 1.165) is 33.4 Å². The number of hydrogen-bond donors (Lipinski definition) is 7. The van der Waals surface area contributed by atoms with E-state index in [-0.39, 0.29) is 97.2 Å². The molecule has 1 fully saturated rings. The molecular weight excluding hydrogens is 765 g/mol. The Labute approximate surface area is 332 Å². The van der Waals surface area contributed by atoms with Crippen molar-refractivity contribution in [3.05, 3.63) is 52.1 Å². The van der Waals surface area contributed by atoms with Crippen LogP contribution in [0.3, 0.4) is 0 Å². The number of phosphoric acid groups is 1. The van der Waals surface area contributed by atoms with Gasteiger partial charge < -0.3 is 25.6 Å². The van der Waals surface area contributed by atoms with Gasteiger partial charge in [-0.05, 0) is 93.0 Å². The quantitative estimate of drug-likeness (QED) is 0.0722. The molecule has 1 heterocycles. The SMILES string of the molecule is Cc1cc(C)c(-c2cc(C)c(OP(=O)(O)OCCC[C@H](C(=O)O)N3CCN(CC(=O)O)CCN(CC(=O)NNC(N)=O)CCN(CC(=O)O)CC3)cc2C)c(C)c1. The number of nitrogens with two attached hydrogens (primary N) is 1. The Hall–Kier alpha value is -4.62. The van der Waals surface area contributed by atoms with Gasteiger partial charge in [0.1, 0.15) is 11.8 Å². The number of hydrazine groups is 1. The maximum atomic E-state index is 13.1. The van der Waals surface area contributed by atoms with Crippen molar-refractivity contribution in [1.82, 2.24) is 30.5 Å². The van der Waals surface area contributed by atoms with Crippen LogP contribution in [0.25, 0.3) is 11.1 Å². The van der Waals surface area contributed by atoms with Gasteiger partial charge in [0.15, 0.2) is 0 Å². The van der Waals surface area contributed by atoms with Crippen LogP contribution in [-0.2, 0) is 28.3 Å². The summed E-state index contributed by atoms with van der Waals surface area (Å²) in [5, 5.41) is 29.4. The Morgan fingerprint density at radius 1 is 0.737 bits per heavy atom. The number of hydrogen-bond acceptors (Lipinski definition) is 12. The second-order valence-corrected chi connectivity index (χ2v) is 15.7. The normalized spacial score (nSPS) is 17.0. The highest BCUT2D eigenvalue weighted by Gasteiger charge is 2.30. The first-order chi connectivity index (χ1) is 26.7. The van der Waals surface area contributed by atoms with Crippen LogP contribution in [0.2, 0.25) is 0 Å². The molecule has 0 spiro atoms. The molecule has 3 amide bonds. The molecule has 0 bridgehead atoms. The number of primary amides is 1. The second-order valence-electron chi connectivity index (χ2n) is 14.3. The van der Waals surface area contributed by atoms with Gasteiger partial charge in [-0.25, -0.2) is 14.8 Å². The number of aryl methyl sites for hydroxylation is 5. The van der Waals surface area contributed by atoms with E-state index in [4.69, 9.17) is 14.8 Å². The van der Waals surface area contributed by atoms with Gasteiger partial charge >= 0.3 is 31.8 Å². The first-order valence-electron chi connectivity index (χ1n) is 18.5. The van der Waals surface area contributed by atoms with Crippen molar-refractivity contribution in [1.29, 1.82) is 0 Å². The number of carbonyl (C=O) groups is 5. The molecule has 1 aliphatic rings. The third-order valence-corrected chi connectivity index (χ3v) is 10.5. The largest absolute Gasteiger partial charge is 0.527 e. The van der Waals surface area contributed by atoms with Crippen molar-refractivity contribution in [2.24, 2.45) is 5.73 Å². The van der Waals surface area contributed by atoms with Gasteiger partial charge in [0.2, 0.25) is 0 Å². The highest BCUT2D eigenvalue weighted by Crippen LogP contribution is 2.46. The Bertz CT molecular complexity index is 1760. The highest BCUT2D eigenvalue weighted by atomic mass is 31.2. The molecule has 57 heavy (non-hydrogen) atoms. The number of benzene rings is 2. The fourth-order valence-corrected chi connectivity index (χ4v) is 7.78. The summed E-state index contributed by atoms with van der Waals surface area (Å²) in [6.45, 7) is 9.65. The predicted molar refractivity (Wildman–Crippen MR) is 210 cm³/mol. The smallest absolute Gasteiger partial charge is 0.480 e. The van der Waals surface area contributed by atoms with Crippen LogP contribution >= 0.6 is 7.82 Å². The van der Waals surface area contributed by atoms with Crippen LogP contribution in [0, 0.1) is 34.6 Å². The Morgan fingerprint density at radius 2 is 1.25 bits per heavy atom. The van der Waals surface area contributed by atoms with Crippen molar-refractivity contribution >= 4 is 37.7 Å². The summed E-state index contributed by atoms with van der Waals surface area (Å²) < 4.78 is 23.8. The number of aliphatic carboxylic acids is 3. The Morgan fingerprint density at radius 3 is 1.74 bits per heavy atom. The zero-order chi connectivity index (χ0) is 42.4. The minimum Gasteiger partial charge on any atom is -0.480 e. The standard InChI is InChI=1S/C37H56N7O12P/c1-24-17-27(4)35(28(5)18-24)29-19-26(3)31(20-25(29)2)56-57(53,54)55-16-6-7-30(36(50)51)44-14-12-42(22-33(46)47)10-8-41(21-32(45)39-40-37(38)52)9-11-43(13-15-44)23-34(48)49/h17-20,30H,6-16,21-23H2,1-5H3,(H,39,45)(H,46,47)(H,48,49)(H,50,51)(H,53,54)(H3,38,40,52)/t30-/m1/s1. The van der Waals surface area contributed by atoms with E-state index >= 15 is 0 Å².